The molecular formula is C21H26N2O3. The number of hydrogen-bond acceptors (Lipinski definition) is 4. The third-order valence-corrected chi connectivity index (χ3v) is 5.28. The molecule has 1 heterocycles. The van der Waals surface area contributed by atoms with Gasteiger partial charge in [0.15, 0.2) is 0 Å². The number of ether oxygens (including phenoxy) is 1. The van der Waals surface area contributed by atoms with Crippen molar-refractivity contribution in [3.8, 4) is 0 Å². The Morgan fingerprint density at radius 3 is 2.58 bits per heavy atom. The zero-order valence-corrected chi connectivity index (χ0v) is 15.3. The summed E-state index contributed by atoms with van der Waals surface area (Å²) in [4.78, 5) is 10.9. The van der Waals surface area contributed by atoms with Crippen molar-refractivity contribution in [3.63, 3.8) is 0 Å². The summed E-state index contributed by atoms with van der Waals surface area (Å²) in [6.07, 6.45) is 1.72. The molecule has 138 valence electrons. The number of nitrogens with one attached hydrogen (secondary N) is 1. The molecule has 4 atom stereocenters. The smallest absolute Gasteiger partial charge is 0.272 e. The van der Waals surface area contributed by atoms with Gasteiger partial charge in [0.2, 0.25) is 0 Å². The number of nitro benzene ring substituents is 1. The number of benzene rings is 2. The second-order valence-corrected chi connectivity index (χ2v) is 7.12. The number of nitrogens with zero attached hydrogens (tertiary/aromatic N) is 1. The summed E-state index contributed by atoms with van der Waals surface area (Å²) in [5.41, 5.74) is 2.19. The molecule has 1 aliphatic rings. The molecule has 0 aliphatic carbocycles. The molecule has 2 aromatic carbocycles. The molecule has 0 saturated carbocycles. The van der Waals surface area contributed by atoms with Crippen LogP contribution < -0.4 is 5.32 Å². The van der Waals surface area contributed by atoms with Gasteiger partial charge in [-0.05, 0) is 31.2 Å². The highest BCUT2D eigenvalue weighted by Gasteiger charge is 2.31. The normalized spacial score (nSPS) is 22.1. The molecule has 3 rings (SSSR count). The van der Waals surface area contributed by atoms with Crippen molar-refractivity contribution in [1.82, 2.24) is 5.32 Å². The van der Waals surface area contributed by atoms with Crippen molar-refractivity contribution in [2.45, 2.75) is 44.9 Å². The molecule has 1 N–H and O–H groups in total. The molecule has 0 amide bonds. The van der Waals surface area contributed by atoms with Crippen LogP contribution in [0.2, 0.25) is 0 Å². The van der Waals surface area contributed by atoms with Crippen LogP contribution in [-0.2, 0) is 11.2 Å². The fourth-order valence-corrected chi connectivity index (χ4v) is 3.62. The fourth-order valence-electron chi connectivity index (χ4n) is 3.62. The zero-order chi connectivity index (χ0) is 18.5. The first-order valence-electron chi connectivity index (χ1n) is 9.21. The summed E-state index contributed by atoms with van der Waals surface area (Å²) in [7, 11) is 0. The van der Waals surface area contributed by atoms with E-state index in [4.69, 9.17) is 4.74 Å². The molecule has 0 spiro atoms. The lowest BCUT2D eigenvalue weighted by Crippen LogP contribution is -2.42. The predicted molar refractivity (Wildman–Crippen MR) is 102 cm³/mol. The first kappa shape index (κ1) is 18.5. The van der Waals surface area contributed by atoms with Crippen LogP contribution in [0.4, 0.5) is 5.69 Å². The fraction of sp³-hybridized carbons (Fsp3) is 0.429. The molecule has 0 aromatic heterocycles. The van der Waals surface area contributed by atoms with Crippen LogP contribution in [0.25, 0.3) is 0 Å². The van der Waals surface area contributed by atoms with E-state index in [9.17, 15) is 10.1 Å². The van der Waals surface area contributed by atoms with Gasteiger partial charge in [-0.15, -0.1) is 0 Å². The molecule has 1 aliphatic heterocycles. The van der Waals surface area contributed by atoms with Crippen molar-refractivity contribution < 1.29 is 9.66 Å². The number of para-hydroxylation sites is 1. The van der Waals surface area contributed by atoms with Crippen LogP contribution in [0.3, 0.4) is 0 Å². The van der Waals surface area contributed by atoms with Crippen molar-refractivity contribution in [2.75, 3.05) is 6.61 Å². The first-order valence-corrected chi connectivity index (χ1v) is 9.21. The third-order valence-electron chi connectivity index (χ3n) is 5.28. The molecule has 1 saturated heterocycles. The maximum absolute atomic E-state index is 11.2. The summed E-state index contributed by atoms with van der Waals surface area (Å²) in [6.45, 7) is 5.05. The van der Waals surface area contributed by atoms with Gasteiger partial charge in [0.25, 0.3) is 5.69 Å². The molecule has 5 heteroatoms. The van der Waals surface area contributed by atoms with Gasteiger partial charge >= 0.3 is 0 Å². The van der Waals surface area contributed by atoms with E-state index in [2.05, 4.69) is 31.3 Å². The van der Waals surface area contributed by atoms with Crippen LogP contribution in [0.15, 0.2) is 54.6 Å². The lowest BCUT2D eigenvalue weighted by atomic mass is 9.92. The Morgan fingerprint density at radius 2 is 1.85 bits per heavy atom. The van der Waals surface area contributed by atoms with Crippen molar-refractivity contribution in [1.29, 1.82) is 0 Å². The van der Waals surface area contributed by atoms with Gasteiger partial charge in [0.1, 0.15) is 0 Å². The van der Waals surface area contributed by atoms with Crippen molar-refractivity contribution in [3.05, 3.63) is 75.8 Å². The Hall–Kier alpha value is -2.24. The lowest BCUT2D eigenvalue weighted by Gasteiger charge is -2.28. The Balaban J connectivity index is 1.64. The Kier molecular flexibility index (Phi) is 6.01. The summed E-state index contributed by atoms with van der Waals surface area (Å²) in [6, 6.07) is 17.8. The molecule has 5 nitrogen and oxygen atoms in total. The van der Waals surface area contributed by atoms with Gasteiger partial charge in [-0.2, -0.15) is 0 Å². The van der Waals surface area contributed by atoms with E-state index in [1.165, 1.54) is 5.56 Å². The minimum atomic E-state index is -0.295. The highest BCUT2D eigenvalue weighted by atomic mass is 16.6. The van der Waals surface area contributed by atoms with E-state index in [0.29, 0.717) is 6.42 Å². The molecule has 26 heavy (non-hydrogen) atoms. The monoisotopic (exact) mass is 354 g/mol. The highest BCUT2D eigenvalue weighted by molar-refractivity contribution is 5.40. The molecular weight excluding hydrogens is 328 g/mol. The summed E-state index contributed by atoms with van der Waals surface area (Å²) in [5.74, 6) is 0.271. The van der Waals surface area contributed by atoms with Gasteiger partial charge in [-0.3, -0.25) is 10.1 Å². The topological polar surface area (TPSA) is 64.4 Å². The van der Waals surface area contributed by atoms with E-state index >= 15 is 0 Å². The summed E-state index contributed by atoms with van der Waals surface area (Å²) < 4.78 is 5.95. The lowest BCUT2D eigenvalue weighted by molar-refractivity contribution is -0.385. The highest BCUT2D eigenvalue weighted by Crippen LogP contribution is 2.30. The number of nitro groups is 1. The third kappa shape index (κ3) is 4.29. The average Bonchev–Trinajstić information content (AvgIpc) is 3.10. The van der Waals surface area contributed by atoms with Crippen LogP contribution in [0, 0.1) is 16.0 Å². The molecule has 2 aromatic rings. The number of rotatable bonds is 7. The van der Waals surface area contributed by atoms with Gasteiger partial charge in [0, 0.05) is 30.3 Å². The quantitative estimate of drug-likeness (QED) is 0.595. The van der Waals surface area contributed by atoms with E-state index in [-0.39, 0.29) is 34.7 Å². The van der Waals surface area contributed by atoms with Crippen LogP contribution >= 0.6 is 0 Å². The standard InChI is InChI=1S/C21H26N2O3/c1-15(14-18-10-6-7-11-20(18)23(24)25)16(2)22-19-12-13-26-21(19)17-8-4-3-5-9-17/h3-11,15-16,19,21-22H,12-14H2,1-2H3. The SMILES string of the molecule is CC(Cc1ccccc1[N+](=O)[O-])C(C)NC1CCOC1c1ccccc1. The van der Waals surface area contributed by atoms with Gasteiger partial charge in [-0.1, -0.05) is 55.5 Å². The van der Waals surface area contributed by atoms with Gasteiger partial charge < -0.3 is 10.1 Å². The average molecular weight is 354 g/mol. The summed E-state index contributed by atoms with van der Waals surface area (Å²) >= 11 is 0. The molecule has 1 fully saturated rings. The Bertz CT molecular complexity index is 735. The van der Waals surface area contributed by atoms with Crippen molar-refractivity contribution in [2.24, 2.45) is 5.92 Å². The second kappa shape index (κ2) is 8.43. The molecule has 0 radical (unpaired) electrons. The maximum Gasteiger partial charge on any atom is 0.272 e. The summed E-state index contributed by atoms with van der Waals surface area (Å²) in [5, 5.41) is 14.9. The minimum absolute atomic E-state index is 0.0666. The van der Waals surface area contributed by atoms with Crippen molar-refractivity contribution >= 4 is 5.69 Å². The van der Waals surface area contributed by atoms with Gasteiger partial charge in [0.05, 0.1) is 11.0 Å². The number of hydrogen-bond donors (Lipinski definition) is 1. The zero-order valence-electron chi connectivity index (χ0n) is 15.3. The van der Waals surface area contributed by atoms with Crippen LogP contribution in [-0.4, -0.2) is 23.6 Å². The van der Waals surface area contributed by atoms with Crippen LogP contribution in [0.5, 0.6) is 0 Å². The predicted octanol–water partition coefficient (Wildman–Crippen LogP) is 4.28. The first-order chi connectivity index (χ1) is 12.6. The van der Waals surface area contributed by atoms with Gasteiger partial charge in [-0.25, -0.2) is 0 Å². The van der Waals surface area contributed by atoms with Crippen LogP contribution in [0.1, 0.15) is 37.5 Å². The molecule has 4 unspecified atom stereocenters. The largest absolute Gasteiger partial charge is 0.372 e. The maximum atomic E-state index is 11.2. The minimum Gasteiger partial charge on any atom is -0.372 e. The molecule has 0 bridgehead atoms. The second-order valence-electron chi connectivity index (χ2n) is 7.12. The van der Waals surface area contributed by atoms with E-state index in [1.807, 2.05) is 30.3 Å². The van der Waals surface area contributed by atoms with E-state index < -0.39 is 0 Å². The Labute approximate surface area is 154 Å². The Morgan fingerprint density at radius 1 is 1.15 bits per heavy atom. The van der Waals surface area contributed by atoms with E-state index in [1.54, 1.807) is 12.1 Å². The van der Waals surface area contributed by atoms with E-state index in [0.717, 1.165) is 18.6 Å².